The molecule has 1 unspecified atom stereocenters. The summed E-state index contributed by atoms with van der Waals surface area (Å²) in [4.78, 5) is 3.09. The smallest absolute Gasteiger partial charge is 0.260 e. The van der Waals surface area contributed by atoms with E-state index in [1.807, 2.05) is 0 Å². The molecule has 1 atom stereocenters. The molecule has 0 aliphatic carbocycles. The Balaban J connectivity index is 2.64. The largest absolute Gasteiger partial charge is 0.453 e. The Kier molecular flexibility index (Phi) is 3.25. The molecule has 80 valence electrons. The van der Waals surface area contributed by atoms with Crippen LogP contribution in [0.1, 0.15) is 5.82 Å². The Morgan fingerprint density at radius 2 is 2.21 bits per heavy atom. The van der Waals surface area contributed by atoms with Crippen molar-refractivity contribution in [1.82, 2.24) is 14.8 Å². The number of alkyl halides is 3. The van der Waals surface area contributed by atoms with Crippen molar-refractivity contribution in [2.24, 2.45) is 0 Å². The average Bonchev–Trinajstić information content (AvgIpc) is 2.47. The highest BCUT2D eigenvalue weighted by Crippen LogP contribution is 2.25. The van der Waals surface area contributed by atoms with Gasteiger partial charge in [-0.1, -0.05) is 0 Å². The van der Waals surface area contributed by atoms with E-state index in [-0.39, 0.29) is 12.3 Å². The van der Waals surface area contributed by atoms with Crippen LogP contribution >= 0.6 is 0 Å². The molecular formula is C6H8F3N3OS. The van der Waals surface area contributed by atoms with E-state index in [1.54, 1.807) is 0 Å². The van der Waals surface area contributed by atoms with Crippen LogP contribution in [0.4, 0.5) is 13.2 Å². The van der Waals surface area contributed by atoms with Crippen molar-refractivity contribution in [3.8, 4) is 0 Å². The molecule has 0 aromatic carbocycles. The summed E-state index contributed by atoms with van der Waals surface area (Å²) in [7, 11) is -1.05. The lowest BCUT2D eigenvalue weighted by Gasteiger charge is -1.99. The monoisotopic (exact) mass is 227 g/mol. The van der Waals surface area contributed by atoms with Gasteiger partial charge in [0.05, 0.1) is 6.54 Å². The van der Waals surface area contributed by atoms with Crippen LogP contribution in [0.5, 0.6) is 0 Å². The second-order valence-corrected chi connectivity index (χ2v) is 4.16. The molecule has 1 rings (SSSR count). The Hall–Kier alpha value is -0.920. The van der Waals surface area contributed by atoms with Gasteiger partial charge in [0.15, 0.2) is 0 Å². The number of aryl methyl sites for hydroxylation is 1. The van der Waals surface area contributed by atoms with Gasteiger partial charge in [0.25, 0.3) is 5.82 Å². The van der Waals surface area contributed by atoms with Crippen molar-refractivity contribution in [2.45, 2.75) is 12.7 Å². The molecule has 0 aliphatic heterocycles. The fourth-order valence-electron chi connectivity index (χ4n) is 0.754. The summed E-state index contributed by atoms with van der Waals surface area (Å²) in [6.45, 7) is 0.173. The summed E-state index contributed by atoms with van der Waals surface area (Å²) >= 11 is 0. The van der Waals surface area contributed by atoms with E-state index in [0.29, 0.717) is 0 Å². The molecule has 0 amide bonds. The van der Waals surface area contributed by atoms with Gasteiger partial charge < -0.3 is 0 Å². The number of rotatable bonds is 3. The Bertz CT molecular complexity index is 335. The highest BCUT2D eigenvalue weighted by molar-refractivity contribution is 7.84. The van der Waals surface area contributed by atoms with Crippen LogP contribution < -0.4 is 0 Å². The highest BCUT2D eigenvalue weighted by atomic mass is 32.2. The van der Waals surface area contributed by atoms with Gasteiger partial charge in [-0.3, -0.25) is 8.89 Å². The highest BCUT2D eigenvalue weighted by Gasteiger charge is 2.35. The molecule has 0 saturated heterocycles. The van der Waals surface area contributed by atoms with E-state index in [2.05, 4.69) is 10.1 Å². The first-order chi connectivity index (χ1) is 6.39. The predicted octanol–water partition coefficient (Wildman–Crippen LogP) is 0.675. The van der Waals surface area contributed by atoms with E-state index < -0.39 is 22.8 Å². The lowest BCUT2D eigenvalue weighted by Crippen LogP contribution is -2.11. The van der Waals surface area contributed by atoms with E-state index in [1.165, 1.54) is 6.26 Å². The van der Waals surface area contributed by atoms with Crippen LogP contribution in [0.2, 0.25) is 0 Å². The number of aromatic nitrogens is 3. The molecule has 0 aliphatic rings. The molecule has 1 aromatic heterocycles. The minimum atomic E-state index is -4.52. The molecule has 0 N–H and O–H groups in total. The van der Waals surface area contributed by atoms with Crippen LogP contribution in [-0.2, 0) is 23.5 Å². The lowest BCUT2D eigenvalue weighted by molar-refractivity contribution is -0.145. The molecule has 14 heavy (non-hydrogen) atoms. The summed E-state index contributed by atoms with van der Waals surface area (Å²) < 4.78 is 47.7. The Morgan fingerprint density at radius 3 is 2.64 bits per heavy atom. The van der Waals surface area contributed by atoms with Crippen LogP contribution in [0, 0.1) is 0 Å². The van der Waals surface area contributed by atoms with Crippen molar-refractivity contribution in [3.05, 3.63) is 12.2 Å². The maximum atomic E-state index is 12.0. The fourth-order valence-corrected chi connectivity index (χ4v) is 1.20. The second kappa shape index (κ2) is 4.07. The number of nitrogens with zero attached hydrogens (tertiary/aromatic N) is 3. The van der Waals surface area contributed by atoms with Gasteiger partial charge in [-0.05, 0) is 0 Å². The summed E-state index contributed by atoms with van der Waals surface area (Å²) in [5.41, 5.74) is 0. The molecule has 0 spiro atoms. The van der Waals surface area contributed by atoms with Crippen molar-refractivity contribution in [3.63, 3.8) is 0 Å². The topological polar surface area (TPSA) is 47.8 Å². The molecule has 0 bridgehead atoms. The summed E-state index contributed by atoms with van der Waals surface area (Å²) in [6, 6.07) is 0. The van der Waals surface area contributed by atoms with Crippen molar-refractivity contribution in [1.29, 1.82) is 0 Å². The third kappa shape index (κ3) is 3.09. The van der Waals surface area contributed by atoms with Gasteiger partial charge in [0.1, 0.15) is 6.33 Å². The van der Waals surface area contributed by atoms with Gasteiger partial charge in [-0.25, -0.2) is 4.98 Å². The molecule has 4 nitrogen and oxygen atoms in total. The molecular weight excluding hydrogens is 219 g/mol. The maximum absolute atomic E-state index is 12.0. The maximum Gasteiger partial charge on any atom is 0.453 e. The summed E-state index contributed by atoms with van der Waals surface area (Å²) in [6.07, 6.45) is -2.06. The van der Waals surface area contributed by atoms with Crippen LogP contribution in [0.25, 0.3) is 0 Å². The zero-order valence-corrected chi connectivity index (χ0v) is 8.10. The van der Waals surface area contributed by atoms with Crippen molar-refractivity contribution >= 4 is 10.8 Å². The van der Waals surface area contributed by atoms with Crippen molar-refractivity contribution in [2.75, 3.05) is 12.0 Å². The molecule has 1 heterocycles. The molecule has 0 saturated carbocycles. The average molecular weight is 227 g/mol. The molecule has 0 radical (unpaired) electrons. The quantitative estimate of drug-likeness (QED) is 0.762. The van der Waals surface area contributed by atoms with Crippen LogP contribution in [-0.4, -0.2) is 31.0 Å². The van der Waals surface area contributed by atoms with Gasteiger partial charge >= 0.3 is 6.18 Å². The SMILES string of the molecule is CS(=O)CCn1cnc(C(F)(F)F)n1. The first kappa shape index (κ1) is 11.2. The van der Waals surface area contributed by atoms with Gasteiger partial charge in [-0.2, -0.15) is 13.2 Å². The van der Waals surface area contributed by atoms with E-state index in [9.17, 15) is 17.4 Å². The number of hydrogen-bond donors (Lipinski definition) is 0. The molecule has 8 heteroatoms. The fraction of sp³-hybridized carbons (Fsp3) is 0.667. The number of halogens is 3. The summed E-state index contributed by atoms with van der Waals surface area (Å²) in [5.74, 6) is -0.903. The zero-order chi connectivity index (χ0) is 10.8. The Labute approximate surface area is 80.6 Å². The van der Waals surface area contributed by atoms with Gasteiger partial charge in [0.2, 0.25) is 0 Å². The van der Waals surface area contributed by atoms with Crippen LogP contribution in [0.15, 0.2) is 6.33 Å². The predicted molar refractivity (Wildman–Crippen MR) is 44.0 cm³/mol. The normalized spacial score (nSPS) is 14.3. The minimum absolute atomic E-state index is 0.173. The molecule has 0 fully saturated rings. The van der Waals surface area contributed by atoms with E-state index in [0.717, 1.165) is 11.0 Å². The third-order valence-electron chi connectivity index (χ3n) is 1.40. The standard InChI is InChI=1S/C6H8F3N3OS/c1-14(13)3-2-12-4-10-5(11-12)6(7,8)9/h4H,2-3H2,1H3. The lowest BCUT2D eigenvalue weighted by atomic mass is 10.6. The van der Waals surface area contributed by atoms with E-state index in [4.69, 9.17) is 0 Å². The number of hydrogen-bond acceptors (Lipinski definition) is 3. The second-order valence-electron chi connectivity index (χ2n) is 2.61. The van der Waals surface area contributed by atoms with Crippen LogP contribution in [0.3, 0.4) is 0 Å². The summed E-state index contributed by atoms with van der Waals surface area (Å²) in [5, 5.41) is 3.20. The first-order valence-electron chi connectivity index (χ1n) is 3.66. The van der Waals surface area contributed by atoms with E-state index >= 15 is 0 Å². The molecule has 1 aromatic rings. The zero-order valence-electron chi connectivity index (χ0n) is 7.28. The van der Waals surface area contributed by atoms with Crippen molar-refractivity contribution < 1.29 is 17.4 Å². The minimum Gasteiger partial charge on any atom is -0.260 e. The van der Waals surface area contributed by atoms with Gasteiger partial charge in [-0.15, -0.1) is 5.10 Å². The third-order valence-corrected chi connectivity index (χ3v) is 2.16. The Morgan fingerprint density at radius 1 is 1.57 bits per heavy atom. The first-order valence-corrected chi connectivity index (χ1v) is 5.39. The van der Waals surface area contributed by atoms with Gasteiger partial charge in [0, 0.05) is 22.8 Å².